The van der Waals surface area contributed by atoms with Gasteiger partial charge in [-0.25, -0.2) is 5.43 Å². The minimum Gasteiger partial charge on any atom is -0.507 e. The van der Waals surface area contributed by atoms with Crippen molar-refractivity contribution in [1.29, 1.82) is 0 Å². The number of hydrogen-bond donors (Lipinski definition) is 3. The molecule has 3 N–H and O–H groups in total. The van der Waals surface area contributed by atoms with Crippen LogP contribution in [0.2, 0.25) is 0 Å². The van der Waals surface area contributed by atoms with E-state index in [1.807, 2.05) is 19.1 Å². The largest absolute Gasteiger partial charge is 0.507 e. The number of amides is 2. The zero-order chi connectivity index (χ0) is 22.2. The Balaban J connectivity index is 1.67. The van der Waals surface area contributed by atoms with Gasteiger partial charge in [0.25, 0.3) is 11.8 Å². The van der Waals surface area contributed by atoms with Crippen LogP contribution in [0.3, 0.4) is 0 Å². The third-order valence-corrected chi connectivity index (χ3v) is 4.66. The average molecular weight is 413 g/mol. The van der Waals surface area contributed by atoms with E-state index >= 15 is 0 Å². The minimum absolute atomic E-state index is 0.0984. The molecule has 0 bridgehead atoms. The highest BCUT2D eigenvalue weighted by atomic mass is 16.3. The number of para-hydroxylation sites is 1. The molecule has 0 radical (unpaired) electrons. The van der Waals surface area contributed by atoms with Gasteiger partial charge in [0.1, 0.15) is 5.75 Å². The predicted molar refractivity (Wildman–Crippen MR) is 123 cm³/mol. The zero-order valence-electron chi connectivity index (χ0n) is 17.1. The SMILES string of the molecule is C=CCc1cccc(C=NNC(=O)c2cccc(NC(=O)c3ccccc3C)c2)c1O. The van der Waals surface area contributed by atoms with Crippen molar-refractivity contribution in [2.75, 3.05) is 5.32 Å². The number of allylic oxidation sites excluding steroid dienone is 1. The molecule has 0 aliphatic heterocycles. The summed E-state index contributed by atoms with van der Waals surface area (Å²) in [5.74, 6) is -0.588. The fourth-order valence-corrected chi connectivity index (χ4v) is 3.02. The van der Waals surface area contributed by atoms with Crippen LogP contribution >= 0.6 is 0 Å². The molecule has 0 heterocycles. The van der Waals surface area contributed by atoms with E-state index in [1.165, 1.54) is 6.21 Å². The van der Waals surface area contributed by atoms with Gasteiger partial charge in [0.05, 0.1) is 6.21 Å². The molecule has 0 aromatic heterocycles. The van der Waals surface area contributed by atoms with Gasteiger partial charge < -0.3 is 10.4 Å². The molecular formula is C25H23N3O3. The second kappa shape index (κ2) is 10.0. The van der Waals surface area contributed by atoms with Crippen LogP contribution in [0.25, 0.3) is 0 Å². The molecule has 0 unspecified atom stereocenters. The number of nitrogens with zero attached hydrogens (tertiary/aromatic N) is 1. The van der Waals surface area contributed by atoms with Crippen molar-refractivity contribution in [3.05, 3.63) is 107 Å². The summed E-state index contributed by atoms with van der Waals surface area (Å²) >= 11 is 0. The number of carbonyl (C=O) groups excluding carboxylic acids is 2. The van der Waals surface area contributed by atoms with Gasteiger partial charge in [-0.05, 0) is 54.8 Å². The minimum atomic E-state index is -0.440. The third-order valence-electron chi connectivity index (χ3n) is 4.66. The van der Waals surface area contributed by atoms with E-state index in [0.29, 0.717) is 28.8 Å². The Morgan fingerprint density at radius 3 is 2.58 bits per heavy atom. The Bertz CT molecular complexity index is 1150. The van der Waals surface area contributed by atoms with Crippen LogP contribution in [0.15, 0.2) is 84.5 Å². The van der Waals surface area contributed by atoms with Crippen LogP contribution in [0, 0.1) is 6.92 Å². The van der Waals surface area contributed by atoms with Crippen molar-refractivity contribution in [2.45, 2.75) is 13.3 Å². The quantitative estimate of drug-likeness (QED) is 0.304. The zero-order valence-corrected chi connectivity index (χ0v) is 17.1. The van der Waals surface area contributed by atoms with Gasteiger partial charge in [0.15, 0.2) is 0 Å². The molecule has 3 aromatic rings. The standard InChI is InChI=1S/C25H23N3O3/c1-3-8-18-10-6-12-20(23(18)29)16-26-28-24(30)19-11-7-13-21(15-19)27-25(31)22-14-5-4-9-17(22)2/h3-7,9-16,29H,1,8H2,2H3,(H,27,31)(H,28,30). The number of aryl methyl sites for hydroxylation is 1. The third kappa shape index (κ3) is 5.45. The average Bonchev–Trinajstić information content (AvgIpc) is 2.76. The Morgan fingerprint density at radius 2 is 1.81 bits per heavy atom. The van der Waals surface area contributed by atoms with Gasteiger partial charge >= 0.3 is 0 Å². The monoisotopic (exact) mass is 413 g/mol. The second-order valence-corrected chi connectivity index (χ2v) is 6.90. The smallest absolute Gasteiger partial charge is 0.271 e. The summed E-state index contributed by atoms with van der Waals surface area (Å²) in [6.45, 7) is 5.53. The summed E-state index contributed by atoms with van der Waals surface area (Å²) in [4.78, 5) is 24.9. The highest BCUT2D eigenvalue weighted by molar-refractivity contribution is 6.06. The lowest BCUT2D eigenvalue weighted by Gasteiger charge is -2.09. The first kappa shape index (κ1) is 21.5. The van der Waals surface area contributed by atoms with Crippen LogP contribution in [-0.2, 0) is 6.42 Å². The molecule has 0 fully saturated rings. The van der Waals surface area contributed by atoms with Crippen LogP contribution in [0.4, 0.5) is 5.69 Å². The number of phenols is 1. The number of aromatic hydroxyl groups is 1. The van der Waals surface area contributed by atoms with Crippen LogP contribution in [0.1, 0.15) is 37.4 Å². The maximum Gasteiger partial charge on any atom is 0.271 e. The molecule has 0 saturated carbocycles. The molecule has 0 atom stereocenters. The first-order valence-electron chi connectivity index (χ1n) is 9.72. The molecule has 0 saturated heterocycles. The van der Waals surface area contributed by atoms with Crippen LogP contribution < -0.4 is 10.7 Å². The summed E-state index contributed by atoms with van der Waals surface area (Å²) < 4.78 is 0. The lowest BCUT2D eigenvalue weighted by atomic mass is 10.1. The Morgan fingerprint density at radius 1 is 1.03 bits per heavy atom. The van der Waals surface area contributed by atoms with E-state index in [2.05, 4.69) is 22.4 Å². The number of carbonyl (C=O) groups is 2. The number of anilines is 1. The number of phenolic OH excluding ortho intramolecular Hbond substituents is 1. The summed E-state index contributed by atoms with van der Waals surface area (Å²) in [5, 5.41) is 17.0. The molecule has 6 heteroatoms. The molecule has 156 valence electrons. The van der Waals surface area contributed by atoms with E-state index < -0.39 is 5.91 Å². The number of hydrogen-bond acceptors (Lipinski definition) is 4. The normalized spacial score (nSPS) is 10.6. The van der Waals surface area contributed by atoms with Gasteiger partial charge in [-0.15, -0.1) is 6.58 Å². The molecule has 0 aliphatic carbocycles. The fourth-order valence-electron chi connectivity index (χ4n) is 3.02. The van der Waals surface area contributed by atoms with Gasteiger partial charge in [-0.2, -0.15) is 5.10 Å². The van der Waals surface area contributed by atoms with E-state index in [0.717, 1.165) is 11.1 Å². The van der Waals surface area contributed by atoms with Crippen LogP contribution in [0.5, 0.6) is 5.75 Å². The molecule has 0 aliphatic rings. The molecular weight excluding hydrogens is 390 g/mol. The van der Waals surface area contributed by atoms with Crippen molar-refractivity contribution in [1.82, 2.24) is 5.43 Å². The maximum atomic E-state index is 12.5. The Kier molecular flexibility index (Phi) is 6.96. The summed E-state index contributed by atoms with van der Waals surface area (Å²) in [6, 6.07) is 19.1. The second-order valence-electron chi connectivity index (χ2n) is 6.90. The molecule has 31 heavy (non-hydrogen) atoms. The highest BCUT2D eigenvalue weighted by Crippen LogP contribution is 2.21. The number of nitrogens with one attached hydrogen (secondary N) is 2. The number of rotatable bonds is 7. The van der Waals surface area contributed by atoms with E-state index in [9.17, 15) is 14.7 Å². The molecule has 2 amide bonds. The molecule has 0 spiro atoms. The van der Waals surface area contributed by atoms with E-state index in [4.69, 9.17) is 0 Å². The molecule has 3 rings (SSSR count). The Hall–Kier alpha value is -4.19. The summed E-state index contributed by atoms with van der Waals surface area (Å²) in [5.41, 5.74) is 5.91. The number of hydrazone groups is 1. The van der Waals surface area contributed by atoms with Crippen molar-refractivity contribution in [2.24, 2.45) is 5.10 Å². The van der Waals surface area contributed by atoms with Crippen molar-refractivity contribution >= 4 is 23.7 Å². The molecule has 6 nitrogen and oxygen atoms in total. The van der Waals surface area contributed by atoms with Gasteiger partial charge in [-0.1, -0.05) is 42.5 Å². The van der Waals surface area contributed by atoms with Crippen molar-refractivity contribution in [3.8, 4) is 5.75 Å². The number of benzene rings is 3. The topological polar surface area (TPSA) is 90.8 Å². The lowest BCUT2D eigenvalue weighted by molar-refractivity contribution is 0.0953. The van der Waals surface area contributed by atoms with Crippen molar-refractivity contribution in [3.63, 3.8) is 0 Å². The van der Waals surface area contributed by atoms with Crippen molar-refractivity contribution < 1.29 is 14.7 Å². The van der Waals surface area contributed by atoms with E-state index in [-0.39, 0.29) is 11.7 Å². The molecule has 3 aromatic carbocycles. The van der Waals surface area contributed by atoms with Gasteiger partial charge in [-0.3, -0.25) is 9.59 Å². The summed E-state index contributed by atoms with van der Waals surface area (Å²) in [7, 11) is 0. The maximum absolute atomic E-state index is 12.5. The predicted octanol–water partition coefficient (Wildman–Crippen LogP) is 4.45. The highest BCUT2D eigenvalue weighted by Gasteiger charge is 2.11. The first-order chi connectivity index (χ1) is 15.0. The summed E-state index contributed by atoms with van der Waals surface area (Å²) in [6.07, 6.45) is 3.60. The van der Waals surface area contributed by atoms with E-state index in [1.54, 1.807) is 60.7 Å². The van der Waals surface area contributed by atoms with Gasteiger partial charge in [0.2, 0.25) is 0 Å². The van der Waals surface area contributed by atoms with Gasteiger partial charge in [0, 0.05) is 22.4 Å². The lowest BCUT2D eigenvalue weighted by Crippen LogP contribution is -2.18. The first-order valence-corrected chi connectivity index (χ1v) is 9.72. The Labute approximate surface area is 180 Å². The fraction of sp³-hybridized carbons (Fsp3) is 0.0800. The van der Waals surface area contributed by atoms with Crippen LogP contribution in [-0.4, -0.2) is 23.1 Å².